The van der Waals surface area contributed by atoms with Gasteiger partial charge < -0.3 is 13.9 Å². The number of aryl methyl sites for hydroxylation is 1. The first kappa shape index (κ1) is 16.8. The molecule has 3 heterocycles. The molecule has 0 unspecified atom stereocenters. The molecule has 26 heavy (non-hydrogen) atoms. The van der Waals surface area contributed by atoms with Gasteiger partial charge in [0.25, 0.3) is 0 Å². The van der Waals surface area contributed by atoms with Gasteiger partial charge in [0.15, 0.2) is 5.78 Å². The Kier molecular flexibility index (Phi) is 4.47. The third-order valence-electron chi connectivity index (χ3n) is 4.74. The maximum Gasteiger partial charge on any atom is 0.167 e. The molecule has 0 fully saturated rings. The Morgan fingerprint density at radius 2 is 2.04 bits per heavy atom. The van der Waals surface area contributed by atoms with Crippen molar-refractivity contribution in [2.75, 3.05) is 6.61 Å². The first-order chi connectivity index (χ1) is 12.7. The summed E-state index contributed by atoms with van der Waals surface area (Å²) in [6, 6.07) is 7.75. The van der Waals surface area contributed by atoms with Crippen LogP contribution in [0, 0.1) is 0 Å². The molecule has 1 aliphatic heterocycles. The average molecular weight is 350 g/mol. The van der Waals surface area contributed by atoms with E-state index in [-0.39, 0.29) is 5.78 Å². The largest absolute Gasteiger partial charge is 0.493 e. The van der Waals surface area contributed by atoms with Crippen LogP contribution in [-0.2, 0) is 30.8 Å². The quantitative estimate of drug-likeness (QED) is 0.635. The van der Waals surface area contributed by atoms with Crippen LogP contribution in [0.5, 0.6) is 5.75 Å². The summed E-state index contributed by atoms with van der Waals surface area (Å²) in [4.78, 5) is 17.4. The van der Waals surface area contributed by atoms with Crippen molar-refractivity contribution < 1.29 is 14.3 Å². The van der Waals surface area contributed by atoms with Crippen LogP contribution in [0.3, 0.4) is 0 Å². The summed E-state index contributed by atoms with van der Waals surface area (Å²) in [6.07, 6.45) is 5.13. The fourth-order valence-corrected chi connectivity index (χ4v) is 3.33. The van der Waals surface area contributed by atoms with Crippen molar-refractivity contribution in [2.24, 2.45) is 0 Å². The van der Waals surface area contributed by atoms with E-state index in [1.807, 2.05) is 48.0 Å². The van der Waals surface area contributed by atoms with Crippen molar-refractivity contribution in [3.05, 3.63) is 64.6 Å². The minimum atomic E-state index is 0.0795. The van der Waals surface area contributed by atoms with E-state index >= 15 is 0 Å². The number of rotatable bonds is 6. The van der Waals surface area contributed by atoms with E-state index < -0.39 is 0 Å². The lowest BCUT2D eigenvalue weighted by Gasteiger charge is -2.11. The molecule has 0 bridgehead atoms. The van der Waals surface area contributed by atoms with Crippen LogP contribution in [0.4, 0.5) is 0 Å². The van der Waals surface area contributed by atoms with Gasteiger partial charge in [-0.3, -0.25) is 4.79 Å². The fraction of sp³-hybridized carbons (Fsp3) is 0.333. The average Bonchev–Trinajstić information content (AvgIpc) is 3.27. The van der Waals surface area contributed by atoms with Crippen molar-refractivity contribution in [3.63, 3.8) is 0 Å². The molecule has 0 saturated heterocycles. The number of imidazole rings is 1. The molecule has 5 heteroatoms. The van der Waals surface area contributed by atoms with E-state index in [9.17, 15) is 4.79 Å². The van der Waals surface area contributed by atoms with Gasteiger partial charge in [-0.15, -0.1) is 0 Å². The number of Topliss-reactive ketones (excluding diaryl/α,β-unsaturated/α-hetero) is 1. The molecule has 0 aliphatic carbocycles. The number of benzene rings is 1. The predicted octanol–water partition coefficient (Wildman–Crippen LogP) is 3.75. The Bertz CT molecular complexity index is 975. The third kappa shape index (κ3) is 3.10. The monoisotopic (exact) mass is 350 g/mol. The van der Waals surface area contributed by atoms with Crippen LogP contribution in [0.25, 0.3) is 5.65 Å². The highest BCUT2D eigenvalue weighted by molar-refractivity contribution is 5.98. The lowest BCUT2D eigenvalue weighted by molar-refractivity contribution is 0.0991. The molecule has 4 rings (SSSR count). The van der Waals surface area contributed by atoms with Crippen LogP contribution in [-0.4, -0.2) is 21.8 Å². The zero-order valence-corrected chi connectivity index (χ0v) is 15.1. The van der Waals surface area contributed by atoms with Gasteiger partial charge >= 0.3 is 0 Å². The van der Waals surface area contributed by atoms with Gasteiger partial charge in [0.2, 0.25) is 0 Å². The highest BCUT2D eigenvalue weighted by atomic mass is 16.5. The number of hydrogen-bond donors (Lipinski definition) is 0. The topological polar surface area (TPSA) is 52.8 Å². The predicted molar refractivity (Wildman–Crippen MR) is 98.7 cm³/mol. The minimum absolute atomic E-state index is 0.0795. The van der Waals surface area contributed by atoms with Gasteiger partial charge in [-0.25, -0.2) is 4.98 Å². The molecule has 3 aromatic rings. The first-order valence-electron chi connectivity index (χ1n) is 9.04. The highest BCUT2D eigenvalue weighted by Crippen LogP contribution is 2.25. The summed E-state index contributed by atoms with van der Waals surface area (Å²) in [5, 5.41) is 0. The molecule has 0 atom stereocenters. The van der Waals surface area contributed by atoms with Crippen molar-refractivity contribution in [1.82, 2.24) is 9.38 Å². The van der Waals surface area contributed by atoms with Crippen LogP contribution in [0.2, 0.25) is 0 Å². The van der Waals surface area contributed by atoms with Gasteiger partial charge in [0.1, 0.15) is 11.4 Å². The molecular weight excluding hydrogens is 328 g/mol. The normalized spacial score (nSPS) is 13.2. The Labute approximate surface area is 152 Å². The molecule has 0 radical (unpaired) electrons. The second kappa shape index (κ2) is 6.92. The Morgan fingerprint density at radius 3 is 2.85 bits per heavy atom. The zero-order valence-electron chi connectivity index (χ0n) is 15.1. The number of carbonyl (C=O) groups is 1. The van der Waals surface area contributed by atoms with E-state index in [4.69, 9.17) is 9.47 Å². The lowest BCUT2D eigenvalue weighted by Crippen LogP contribution is -2.08. The number of nitrogens with zero attached hydrogens (tertiary/aromatic N) is 2. The summed E-state index contributed by atoms with van der Waals surface area (Å²) in [5.41, 5.74) is 5.74. The summed E-state index contributed by atoms with van der Waals surface area (Å²) < 4.78 is 13.2. The Hall–Kier alpha value is -2.66. The van der Waals surface area contributed by atoms with E-state index in [0.717, 1.165) is 40.2 Å². The Morgan fingerprint density at radius 1 is 1.19 bits per heavy atom. The number of ketones is 1. The Balaban J connectivity index is 1.66. The number of hydrogen-bond acceptors (Lipinski definition) is 4. The van der Waals surface area contributed by atoms with Crippen LogP contribution in [0.15, 0.2) is 36.7 Å². The zero-order chi connectivity index (χ0) is 18.1. The fourth-order valence-electron chi connectivity index (χ4n) is 3.33. The molecule has 134 valence electrons. The lowest BCUT2D eigenvalue weighted by atomic mass is 9.99. The molecule has 1 aromatic carbocycles. The maximum absolute atomic E-state index is 12.8. The number of aromatic nitrogens is 2. The molecule has 5 nitrogen and oxygen atoms in total. The standard InChI is InChI=1S/C21H22N2O3/c1-3-18-11-23-10-16(20(26-4-2)9-21(23)22-18)8-19(24)14-5-6-15-12-25-13-17(15)7-14/h5-7,9-11H,3-4,8,12-13H2,1-2H3. The van der Waals surface area contributed by atoms with Crippen molar-refractivity contribution in [3.8, 4) is 5.75 Å². The number of carbonyl (C=O) groups excluding carboxylic acids is 1. The van der Waals surface area contributed by atoms with Gasteiger partial charge in [-0.05, 0) is 30.5 Å². The van der Waals surface area contributed by atoms with Crippen molar-refractivity contribution in [2.45, 2.75) is 39.9 Å². The second-order valence-corrected chi connectivity index (χ2v) is 6.52. The van der Waals surface area contributed by atoms with E-state index in [2.05, 4.69) is 11.9 Å². The van der Waals surface area contributed by atoms with Gasteiger partial charge in [-0.2, -0.15) is 0 Å². The molecule has 2 aromatic heterocycles. The van der Waals surface area contributed by atoms with Crippen LogP contribution < -0.4 is 4.74 Å². The molecule has 0 N–H and O–H groups in total. The SMILES string of the molecule is CCOc1cc2nc(CC)cn2cc1CC(=O)c1ccc2c(c1)COC2. The highest BCUT2D eigenvalue weighted by Gasteiger charge is 2.17. The number of ether oxygens (including phenoxy) is 2. The van der Waals surface area contributed by atoms with E-state index in [1.54, 1.807) is 0 Å². The summed E-state index contributed by atoms with van der Waals surface area (Å²) in [6.45, 7) is 5.79. The van der Waals surface area contributed by atoms with E-state index in [1.165, 1.54) is 5.56 Å². The van der Waals surface area contributed by atoms with E-state index in [0.29, 0.717) is 26.2 Å². The molecule has 1 aliphatic rings. The van der Waals surface area contributed by atoms with Crippen LogP contribution >= 0.6 is 0 Å². The molecule has 0 amide bonds. The van der Waals surface area contributed by atoms with Crippen LogP contribution in [0.1, 0.15) is 46.6 Å². The maximum atomic E-state index is 12.8. The van der Waals surface area contributed by atoms with Crippen molar-refractivity contribution in [1.29, 1.82) is 0 Å². The molecular formula is C21H22N2O3. The van der Waals surface area contributed by atoms with Gasteiger partial charge in [0, 0.05) is 36.0 Å². The summed E-state index contributed by atoms with van der Waals surface area (Å²) in [5.74, 6) is 0.807. The summed E-state index contributed by atoms with van der Waals surface area (Å²) in [7, 11) is 0. The van der Waals surface area contributed by atoms with Gasteiger partial charge in [0.05, 0.1) is 25.5 Å². The van der Waals surface area contributed by atoms with Crippen molar-refractivity contribution >= 4 is 11.4 Å². The minimum Gasteiger partial charge on any atom is -0.493 e. The van der Waals surface area contributed by atoms with Gasteiger partial charge in [-0.1, -0.05) is 19.1 Å². The third-order valence-corrected chi connectivity index (χ3v) is 4.74. The molecule has 0 saturated carbocycles. The molecule has 0 spiro atoms. The number of fused-ring (bicyclic) bond motifs is 2. The number of pyridine rings is 1. The summed E-state index contributed by atoms with van der Waals surface area (Å²) >= 11 is 0. The second-order valence-electron chi connectivity index (χ2n) is 6.52. The smallest absolute Gasteiger partial charge is 0.167 e. The first-order valence-corrected chi connectivity index (χ1v) is 9.04.